The summed E-state index contributed by atoms with van der Waals surface area (Å²) >= 11 is 1.42. The van der Waals surface area contributed by atoms with E-state index in [-0.39, 0.29) is 11.9 Å². The van der Waals surface area contributed by atoms with Gasteiger partial charge in [-0.25, -0.2) is 0 Å². The minimum atomic E-state index is -0.171. The van der Waals surface area contributed by atoms with Gasteiger partial charge in [0.2, 0.25) is 0 Å². The Morgan fingerprint density at radius 3 is 2.56 bits per heavy atom. The van der Waals surface area contributed by atoms with Crippen LogP contribution in [0.3, 0.4) is 0 Å². The lowest BCUT2D eigenvalue weighted by atomic mass is 10.00. The number of nitrogens with zero attached hydrogens (tertiary/aromatic N) is 1. The molecular formula is C25H24N2O4S. The number of fused-ring (bicyclic) bond motifs is 1. The Morgan fingerprint density at radius 2 is 1.84 bits per heavy atom. The summed E-state index contributed by atoms with van der Waals surface area (Å²) in [6, 6.07) is 19.4. The maximum absolute atomic E-state index is 13.0. The van der Waals surface area contributed by atoms with Crippen LogP contribution in [0.15, 0.2) is 70.5 Å². The molecule has 2 aromatic carbocycles. The number of rotatable bonds is 6. The highest BCUT2D eigenvalue weighted by Crippen LogP contribution is 2.41. The number of morpholine rings is 1. The van der Waals surface area contributed by atoms with Crippen molar-refractivity contribution in [3.8, 4) is 5.75 Å². The Balaban J connectivity index is 1.63. The first-order chi connectivity index (χ1) is 15.7. The van der Waals surface area contributed by atoms with Gasteiger partial charge in [-0.05, 0) is 41.3 Å². The molecule has 0 unspecified atom stereocenters. The molecule has 7 heteroatoms. The quantitative estimate of drug-likeness (QED) is 0.441. The second kappa shape index (κ2) is 9.16. The summed E-state index contributed by atoms with van der Waals surface area (Å²) in [5.74, 6) is 1.39. The molecule has 5 rings (SSSR count). The Morgan fingerprint density at radius 1 is 1.06 bits per heavy atom. The lowest BCUT2D eigenvalue weighted by Gasteiger charge is -2.34. The van der Waals surface area contributed by atoms with E-state index < -0.39 is 0 Å². The lowest BCUT2D eigenvalue weighted by molar-refractivity contribution is 0.0206. The van der Waals surface area contributed by atoms with Crippen molar-refractivity contribution < 1.29 is 18.7 Å². The van der Waals surface area contributed by atoms with E-state index in [0.717, 1.165) is 41.1 Å². The summed E-state index contributed by atoms with van der Waals surface area (Å²) in [5.41, 5.74) is 2.53. The van der Waals surface area contributed by atoms with Crippen LogP contribution in [0.2, 0.25) is 0 Å². The van der Waals surface area contributed by atoms with Crippen LogP contribution in [-0.2, 0) is 4.74 Å². The molecule has 4 aromatic rings. The summed E-state index contributed by atoms with van der Waals surface area (Å²) < 4.78 is 17.4. The molecule has 0 spiro atoms. The largest absolute Gasteiger partial charge is 0.497 e. The van der Waals surface area contributed by atoms with E-state index in [0.29, 0.717) is 23.8 Å². The molecule has 1 saturated heterocycles. The molecule has 0 saturated carbocycles. The van der Waals surface area contributed by atoms with Gasteiger partial charge in [-0.3, -0.25) is 9.69 Å². The fraction of sp³-hybridized carbons (Fsp3) is 0.240. The number of carbonyl (C=O) groups excluding carboxylic acids is 1. The zero-order chi connectivity index (χ0) is 21.9. The highest BCUT2D eigenvalue weighted by atomic mass is 32.1. The number of hydrogen-bond donors (Lipinski definition) is 1. The number of amides is 1. The molecule has 1 atom stereocenters. The Labute approximate surface area is 190 Å². The molecule has 6 nitrogen and oxygen atoms in total. The number of para-hydroxylation sites is 1. The zero-order valence-electron chi connectivity index (χ0n) is 17.7. The predicted molar refractivity (Wildman–Crippen MR) is 126 cm³/mol. The average Bonchev–Trinajstić information content (AvgIpc) is 3.50. The molecule has 2 aromatic heterocycles. The van der Waals surface area contributed by atoms with Gasteiger partial charge in [0.05, 0.1) is 36.9 Å². The monoisotopic (exact) mass is 448 g/mol. The van der Waals surface area contributed by atoms with E-state index in [1.165, 1.54) is 11.3 Å². The predicted octanol–water partition coefficient (Wildman–Crippen LogP) is 5.18. The number of hydrogen-bond acceptors (Lipinski definition) is 6. The number of benzene rings is 2. The maximum atomic E-state index is 13.0. The first-order valence-electron chi connectivity index (χ1n) is 10.6. The van der Waals surface area contributed by atoms with Gasteiger partial charge in [0.1, 0.15) is 17.1 Å². The third kappa shape index (κ3) is 4.02. The molecule has 1 fully saturated rings. The Hall–Kier alpha value is -3.13. The topological polar surface area (TPSA) is 63.9 Å². The fourth-order valence-corrected chi connectivity index (χ4v) is 4.74. The normalized spacial score (nSPS) is 15.5. The van der Waals surface area contributed by atoms with Crippen molar-refractivity contribution in [2.24, 2.45) is 0 Å². The van der Waals surface area contributed by atoms with Crippen LogP contribution in [-0.4, -0.2) is 44.2 Å². The van der Waals surface area contributed by atoms with Crippen LogP contribution in [0.25, 0.3) is 11.0 Å². The molecule has 0 aliphatic carbocycles. The van der Waals surface area contributed by atoms with Gasteiger partial charge in [-0.2, -0.15) is 0 Å². The summed E-state index contributed by atoms with van der Waals surface area (Å²) in [6.07, 6.45) is 0. The van der Waals surface area contributed by atoms with Crippen molar-refractivity contribution >= 4 is 33.9 Å². The Kier molecular flexibility index (Phi) is 5.94. The van der Waals surface area contributed by atoms with E-state index in [1.807, 2.05) is 53.9 Å². The van der Waals surface area contributed by atoms with Crippen LogP contribution in [0.1, 0.15) is 27.0 Å². The molecule has 32 heavy (non-hydrogen) atoms. The van der Waals surface area contributed by atoms with Crippen LogP contribution in [0.4, 0.5) is 5.69 Å². The number of furan rings is 1. The van der Waals surface area contributed by atoms with Crippen molar-refractivity contribution in [3.63, 3.8) is 0 Å². The zero-order valence-corrected chi connectivity index (χ0v) is 18.6. The van der Waals surface area contributed by atoms with Crippen molar-refractivity contribution in [1.29, 1.82) is 0 Å². The van der Waals surface area contributed by atoms with Crippen molar-refractivity contribution in [2.45, 2.75) is 6.04 Å². The molecule has 3 heterocycles. The average molecular weight is 449 g/mol. The minimum Gasteiger partial charge on any atom is -0.497 e. The second-order valence-corrected chi connectivity index (χ2v) is 8.54. The van der Waals surface area contributed by atoms with Gasteiger partial charge < -0.3 is 19.2 Å². The van der Waals surface area contributed by atoms with Gasteiger partial charge in [0.25, 0.3) is 5.91 Å². The molecule has 0 bridgehead atoms. The minimum absolute atomic E-state index is 0.136. The van der Waals surface area contributed by atoms with E-state index in [9.17, 15) is 4.79 Å². The Bertz CT molecular complexity index is 1190. The standard InChI is InChI=1S/C25H24N2O4S/c1-29-18-10-8-17(9-11-18)23(27-12-14-30-15-13-27)24-22(19-5-2-3-6-20(19)31-24)26-25(28)21-7-4-16-32-21/h2-11,16,23H,12-15H2,1H3,(H,26,28)/t23-/m1/s1. The van der Waals surface area contributed by atoms with Crippen LogP contribution >= 0.6 is 11.3 Å². The van der Waals surface area contributed by atoms with E-state index in [2.05, 4.69) is 22.3 Å². The number of carbonyl (C=O) groups is 1. The van der Waals surface area contributed by atoms with E-state index >= 15 is 0 Å². The number of nitrogens with one attached hydrogen (secondary N) is 1. The van der Waals surface area contributed by atoms with Gasteiger partial charge in [0.15, 0.2) is 0 Å². The van der Waals surface area contributed by atoms with Crippen LogP contribution < -0.4 is 10.1 Å². The molecular weight excluding hydrogens is 424 g/mol. The SMILES string of the molecule is COc1ccc([C@H](c2oc3ccccc3c2NC(=O)c2cccs2)N2CCOCC2)cc1. The first-order valence-corrected chi connectivity index (χ1v) is 11.4. The molecule has 1 N–H and O–H groups in total. The maximum Gasteiger partial charge on any atom is 0.265 e. The molecule has 1 aliphatic rings. The smallest absolute Gasteiger partial charge is 0.265 e. The second-order valence-electron chi connectivity index (χ2n) is 7.59. The molecule has 0 radical (unpaired) electrons. The molecule has 164 valence electrons. The highest BCUT2D eigenvalue weighted by molar-refractivity contribution is 7.12. The number of methoxy groups -OCH3 is 1. The van der Waals surface area contributed by atoms with Crippen LogP contribution in [0, 0.1) is 0 Å². The summed E-state index contributed by atoms with van der Waals surface area (Å²) in [7, 11) is 1.66. The van der Waals surface area contributed by atoms with Gasteiger partial charge in [-0.15, -0.1) is 11.3 Å². The third-order valence-corrected chi connectivity index (χ3v) is 6.57. The van der Waals surface area contributed by atoms with Crippen molar-refractivity contribution in [2.75, 3.05) is 38.7 Å². The number of thiophene rings is 1. The summed E-state index contributed by atoms with van der Waals surface area (Å²) in [5, 5.41) is 5.93. The van der Waals surface area contributed by atoms with E-state index in [1.54, 1.807) is 7.11 Å². The highest BCUT2D eigenvalue weighted by Gasteiger charge is 2.31. The number of ether oxygens (including phenoxy) is 2. The van der Waals surface area contributed by atoms with Crippen molar-refractivity contribution in [1.82, 2.24) is 4.90 Å². The first kappa shape index (κ1) is 20.8. The fourth-order valence-electron chi connectivity index (χ4n) is 4.12. The van der Waals surface area contributed by atoms with Crippen LogP contribution in [0.5, 0.6) is 5.75 Å². The summed E-state index contributed by atoms with van der Waals surface area (Å²) in [6.45, 7) is 2.85. The van der Waals surface area contributed by atoms with Gasteiger partial charge in [-0.1, -0.05) is 30.3 Å². The van der Waals surface area contributed by atoms with E-state index in [4.69, 9.17) is 13.9 Å². The summed E-state index contributed by atoms with van der Waals surface area (Å²) in [4.78, 5) is 16.0. The molecule has 1 aliphatic heterocycles. The lowest BCUT2D eigenvalue weighted by Crippen LogP contribution is -2.39. The molecule has 1 amide bonds. The third-order valence-electron chi connectivity index (χ3n) is 5.70. The van der Waals surface area contributed by atoms with Gasteiger partial charge in [0, 0.05) is 18.5 Å². The number of anilines is 1. The van der Waals surface area contributed by atoms with Gasteiger partial charge >= 0.3 is 0 Å². The van der Waals surface area contributed by atoms with Crippen molar-refractivity contribution in [3.05, 3.63) is 82.2 Å².